The van der Waals surface area contributed by atoms with Gasteiger partial charge in [-0.15, -0.1) is 11.6 Å². The second kappa shape index (κ2) is 6.36. The number of fused-ring (bicyclic) bond motifs is 1. The van der Waals surface area contributed by atoms with Gasteiger partial charge in [0, 0.05) is 35.8 Å². The molecule has 1 amide bonds. The molecule has 0 saturated heterocycles. The fourth-order valence-electron chi connectivity index (χ4n) is 2.45. The predicted octanol–water partition coefficient (Wildman–Crippen LogP) is 3.11. The quantitative estimate of drug-likeness (QED) is 0.794. The molecule has 0 unspecified atom stereocenters. The van der Waals surface area contributed by atoms with E-state index in [9.17, 15) is 4.79 Å². The van der Waals surface area contributed by atoms with Crippen LogP contribution in [0.3, 0.4) is 0 Å². The third-order valence-electron chi connectivity index (χ3n) is 3.69. The van der Waals surface area contributed by atoms with E-state index >= 15 is 0 Å². The molecule has 1 N–H and O–H groups in total. The van der Waals surface area contributed by atoms with Crippen LogP contribution < -0.4 is 5.32 Å². The molecule has 2 aromatic rings. The van der Waals surface area contributed by atoms with Crippen LogP contribution in [0.1, 0.15) is 18.7 Å². The van der Waals surface area contributed by atoms with E-state index in [2.05, 4.69) is 36.9 Å². The summed E-state index contributed by atoms with van der Waals surface area (Å²) in [4.78, 5) is 16.3. The van der Waals surface area contributed by atoms with Gasteiger partial charge in [0.1, 0.15) is 5.82 Å². The number of rotatable bonds is 6. The van der Waals surface area contributed by atoms with Crippen molar-refractivity contribution in [1.82, 2.24) is 14.9 Å². The predicted molar refractivity (Wildman–Crippen MR) is 87.6 cm³/mol. The highest BCUT2D eigenvalue weighted by atomic mass is 79.9. The first-order valence-electron chi connectivity index (χ1n) is 7.17. The summed E-state index contributed by atoms with van der Waals surface area (Å²) >= 11 is 9.37. The maximum atomic E-state index is 11.7. The van der Waals surface area contributed by atoms with Crippen molar-refractivity contribution in [3.63, 3.8) is 0 Å². The van der Waals surface area contributed by atoms with Crippen molar-refractivity contribution >= 4 is 44.5 Å². The summed E-state index contributed by atoms with van der Waals surface area (Å²) in [5.74, 6) is 1.94. The molecule has 0 aliphatic heterocycles. The maximum absolute atomic E-state index is 11.7. The Labute approximate surface area is 137 Å². The van der Waals surface area contributed by atoms with Crippen LogP contribution in [-0.4, -0.2) is 27.9 Å². The molecule has 1 aliphatic rings. The second-order valence-electron chi connectivity index (χ2n) is 5.32. The van der Waals surface area contributed by atoms with Crippen LogP contribution in [-0.2, 0) is 17.8 Å². The Kier molecular flexibility index (Phi) is 4.50. The van der Waals surface area contributed by atoms with Gasteiger partial charge in [-0.05, 0) is 31.0 Å². The molecule has 1 aromatic carbocycles. The van der Waals surface area contributed by atoms with Crippen LogP contribution in [0.2, 0.25) is 0 Å². The summed E-state index contributed by atoms with van der Waals surface area (Å²) in [5, 5.41) is 3.00. The SMILES string of the molecule is O=C(NCCn1c(CCCl)nc2ccc(Br)cc21)C1CC1. The molecule has 21 heavy (non-hydrogen) atoms. The molecular formula is C15H17BrClN3O. The summed E-state index contributed by atoms with van der Waals surface area (Å²) in [6.07, 6.45) is 2.79. The molecule has 1 aliphatic carbocycles. The topological polar surface area (TPSA) is 46.9 Å². The van der Waals surface area contributed by atoms with Gasteiger partial charge in [0.25, 0.3) is 0 Å². The molecule has 0 spiro atoms. The highest BCUT2D eigenvalue weighted by Crippen LogP contribution is 2.28. The van der Waals surface area contributed by atoms with Crippen LogP contribution in [0.4, 0.5) is 0 Å². The Bertz CT molecular complexity index is 666. The second-order valence-corrected chi connectivity index (χ2v) is 6.61. The zero-order valence-corrected chi connectivity index (χ0v) is 14.0. The number of aryl methyl sites for hydroxylation is 1. The molecule has 0 radical (unpaired) electrons. The minimum atomic E-state index is 0.180. The lowest BCUT2D eigenvalue weighted by atomic mass is 10.3. The highest BCUT2D eigenvalue weighted by molar-refractivity contribution is 9.10. The fraction of sp³-hybridized carbons (Fsp3) is 0.467. The molecule has 6 heteroatoms. The summed E-state index contributed by atoms with van der Waals surface area (Å²) in [6.45, 7) is 1.35. The normalized spacial score (nSPS) is 14.6. The van der Waals surface area contributed by atoms with Crippen molar-refractivity contribution in [2.24, 2.45) is 5.92 Å². The average Bonchev–Trinajstić information content (AvgIpc) is 3.25. The molecule has 1 heterocycles. The number of nitrogens with zero attached hydrogens (tertiary/aromatic N) is 2. The smallest absolute Gasteiger partial charge is 0.223 e. The zero-order chi connectivity index (χ0) is 14.8. The first kappa shape index (κ1) is 14.9. The fourth-order valence-corrected chi connectivity index (χ4v) is 2.97. The van der Waals surface area contributed by atoms with E-state index in [1.807, 2.05) is 12.1 Å². The summed E-state index contributed by atoms with van der Waals surface area (Å²) in [6, 6.07) is 6.04. The Morgan fingerprint density at radius 3 is 3.00 bits per heavy atom. The third kappa shape index (κ3) is 3.40. The van der Waals surface area contributed by atoms with Crippen molar-refractivity contribution in [3.05, 3.63) is 28.5 Å². The van der Waals surface area contributed by atoms with Crippen molar-refractivity contribution in [2.45, 2.75) is 25.8 Å². The standard InChI is InChI=1S/C15H17BrClN3O/c16-11-3-4-12-13(9-11)20(14(19-12)5-6-17)8-7-18-15(21)10-1-2-10/h3-4,9-10H,1-2,5-8H2,(H,18,21). The molecule has 112 valence electrons. The Morgan fingerprint density at radius 2 is 2.29 bits per heavy atom. The van der Waals surface area contributed by atoms with Crippen LogP contribution in [0.15, 0.2) is 22.7 Å². The van der Waals surface area contributed by atoms with Crippen molar-refractivity contribution in [1.29, 1.82) is 0 Å². The number of hydrogen-bond donors (Lipinski definition) is 1. The number of alkyl halides is 1. The minimum Gasteiger partial charge on any atom is -0.354 e. The van der Waals surface area contributed by atoms with Gasteiger partial charge in [-0.1, -0.05) is 15.9 Å². The molecule has 1 aromatic heterocycles. The zero-order valence-electron chi connectivity index (χ0n) is 11.6. The lowest BCUT2D eigenvalue weighted by molar-refractivity contribution is -0.122. The largest absolute Gasteiger partial charge is 0.354 e. The highest BCUT2D eigenvalue weighted by Gasteiger charge is 2.29. The van der Waals surface area contributed by atoms with Gasteiger partial charge in [-0.3, -0.25) is 4.79 Å². The lowest BCUT2D eigenvalue weighted by Gasteiger charge is -2.10. The van der Waals surface area contributed by atoms with Crippen molar-refractivity contribution < 1.29 is 4.79 Å². The molecule has 3 rings (SSSR count). The number of carbonyl (C=O) groups excluding carboxylic acids is 1. The van der Waals surface area contributed by atoms with Gasteiger partial charge in [0.2, 0.25) is 5.91 Å². The van der Waals surface area contributed by atoms with E-state index in [1.165, 1.54) is 0 Å². The van der Waals surface area contributed by atoms with Crippen LogP contribution >= 0.6 is 27.5 Å². The molecule has 1 fully saturated rings. The number of nitrogens with one attached hydrogen (secondary N) is 1. The minimum absolute atomic E-state index is 0.180. The van der Waals surface area contributed by atoms with Gasteiger partial charge < -0.3 is 9.88 Å². The van der Waals surface area contributed by atoms with Crippen LogP contribution in [0.25, 0.3) is 11.0 Å². The van der Waals surface area contributed by atoms with Gasteiger partial charge in [0.05, 0.1) is 11.0 Å². The van der Waals surface area contributed by atoms with E-state index in [1.54, 1.807) is 0 Å². The summed E-state index contributed by atoms with van der Waals surface area (Å²) < 4.78 is 3.17. The molecule has 1 saturated carbocycles. The van der Waals surface area contributed by atoms with Crippen LogP contribution in [0.5, 0.6) is 0 Å². The monoisotopic (exact) mass is 369 g/mol. The van der Waals surface area contributed by atoms with Crippen molar-refractivity contribution in [2.75, 3.05) is 12.4 Å². The average molecular weight is 371 g/mol. The van der Waals surface area contributed by atoms with Gasteiger partial charge in [-0.2, -0.15) is 0 Å². The Morgan fingerprint density at radius 1 is 1.48 bits per heavy atom. The number of aromatic nitrogens is 2. The summed E-state index contributed by atoms with van der Waals surface area (Å²) in [7, 11) is 0. The maximum Gasteiger partial charge on any atom is 0.223 e. The summed E-state index contributed by atoms with van der Waals surface area (Å²) in [5.41, 5.74) is 2.04. The van der Waals surface area contributed by atoms with E-state index in [-0.39, 0.29) is 11.8 Å². The van der Waals surface area contributed by atoms with Gasteiger partial charge in [-0.25, -0.2) is 4.98 Å². The number of benzene rings is 1. The number of amides is 1. The van der Waals surface area contributed by atoms with E-state index in [0.717, 1.165) is 47.1 Å². The Hall–Kier alpha value is -1.07. The molecular weight excluding hydrogens is 354 g/mol. The van der Waals surface area contributed by atoms with Crippen molar-refractivity contribution in [3.8, 4) is 0 Å². The van der Waals surface area contributed by atoms with Gasteiger partial charge in [0.15, 0.2) is 0 Å². The molecule has 0 bridgehead atoms. The van der Waals surface area contributed by atoms with E-state index < -0.39 is 0 Å². The van der Waals surface area contributed by atoms with E-state index in [0.29, 0.717) is 12.4 Å². The first-order valence-corrected chi connectivity index (χ1v) is 8.50. The molecule has 4 nitrogen and oxygen atoms in total. The first-order chi connectivity index (χ1) is 10.2. The Balaban J connectivity index is 1.78. The van der Waals surface area contributed by atoms with Gasteiger partial charge >= 0.3 is 0 Å². The lowest BCUT2D eigenvalue weighted by Crippen LogP contribution is -2.28. The number of hydrogen-bond acceptors (Lipinski definition) is 2. The number of imidazole rings is 1. The molecule has 0 atom stereocenters. The number of carbonyl (C=O) groups is 1. The van der Waals surface area contributed by atoms with E-state index in [4.69, 9.17) is 11.6 Å². The number of halogens is 2. The third-order valence-corrected chi connectivity index (χ3v) is 4.37. The van der Waals surface area contributed by atoms with Crippen LogP contribution in [0, 0.1) is 5.92 Å².